The van der Waals surface area contributed by atoms with Crippen molar-refractivity contribution in [3.63, 3.8) is 0 Å². The molecule has 0 atom stereocenters. The minimum absolute atomic E-state index is 0.491. The van der Waals surface area contributed by atoms with Crippen molar-refractivity contribution in [3.05, 3.63) is 15.5 Å². The zero-order valence-electron chi connectivity index (χ0n) is 8.20. The van der Waals surface area contributed by atoms with Gasteiger partial charge in [0.15, 0.2) is 5.82 Å². The van der Waals surface area contributed by atoms with Crippen molar-refractivity contribution < 1.29 is 0 Å². The van der Waals surface area contributed by atoms with Gasteiger partial charge in [-0.15, -0.1) is 11.3 Å². The first-order valence-corrected chi connectivity index (χ1v) is 6.09. The minimum atomic E-state index is 0.491. The molecule has 0 saturated heterocycles. The van der Waals surface area contributed by atoms with Crippen molar-refractivity contribution in [1.82, 2.24) is 20.2 Å². The molecule has 0 aliphatic heterocycles. The van der Waals surface area contributed by atoms with Crippen molar-refractivity contribution in [3.8, 4) is 10.7 Å². The predicted octanol–water partition coefficient (Wildman–Crippen LogP) is 2.78. The predicted molar refractivity (Wildman–Crippen MR) is 61.6 cm³/mol. The standard InChI is InChI=1S/C9H10N4S2/c1-4-6(7-11-9(14)13-12-7)15-8(10-4)5-2-3-5/h5H,2-3H2,1H3,(H2,11,12,13,14). The van der Waals surface area contributed by atoms with Gasteiger partial charge in [-0.25, -0.2) is 4.98 Å². The second kappa shape index (κ2) is 3.24. The quantitative estimate of drug-likeness (QED) is 0.791. The molecule has 2 aromatic rings. The van der Waals surface area contributed by atoms with Crippen LogP contribution in [0, 0.1) is 11.7 Å². The number of hydrogen-bond acceptors (Lipinski definition) is 4. The van der Waals surface area contributed by atoms with E-state index in [1.54, 1.807) is 11.3 Å². The molecule has 0 aromatic carbocycles. The van der Waals surface area contributed by atoms with Gasteiger partial charge in [0.05, 0.1) is 15.6 Å². The van der Waals surface area contributed by atoms with Crippen molar-refractivity contribution in [2.24, 2.45) is 0 Å². The van der Waals surface area contributed by atoms with E-state index in [2.05, 4.69) is 20.2 Å². The van der Waals surface area contributed by atoms with Crippen molar-refractivity contribution in [2.75, 3.05) is 0 Å². The molecule has 0 radical (unpaired) electrons. The van der Waals surface area contributed by atoms with E-state index in [1.807, 2.05) is 6.92 Å². The molecule has 2 N–H and O–H groups in total. The van der Waals surface area contributed by atoms with E-state index < -0.39 is 0 Å². The topological polar surface area (TPSA) is 57.4 Å². The van der Waals surface area contributed by atoms with Crippen LogP contribution < -0.4 is 0 Å². The second-order valence-corrected chi connectivity index (χ2v) is 5.17. The number of H-pyrrole nitrogens is 2. The van der Waals surface area contributed by atoms with E-state index in [0.717, 1.165) is 16.4 Å². The molecule has 0 amide bonds. The molecule has 15 heavy (non-hydrogen) atoms. The number of nitrogens with zero attached hydrogens (tertiary/aromatic N) is 2. The van der Waals surface area contributed by atoms with Crippen LogP contribution >= 0.6 is 23.6 Å². The van der Waals surface area contributed by atoms with Crippen LogP contribution in [0.25, 0.3) is 10.7 Å². The fraction of sp³-hybridized carbons (Fsp3) is 0.444. The van der Waals surface area contributed by atoms with Gasteiger partial charge in [0.1, 0.15) is 0 Å². The Hall–Kier alpha value is -1.01. The summed E-state index contributed by atoms with van der Waals surface area (Å²) < 4.78 is 0.491. The maximum Gasteiger partial charge on any atom is 0.213 e. The summed E-state index contributed by atoms with van der Waals surface area (Å²) >= 11 is 6.66. The van der Waals surface area contributed by atoms with Crippen molar-refractivity contribution >= 4 is 23.6 Å². The summed E-state index contributed by atoms with van der Waals surface area (Å²) in [7, 11) is 0. The normalized spacial score (nSPS) is 15.8. The molecule has 1 saturated carbocycles. The summed E-state index contributed by atoms with van der Waals surface area (Å²) in [6, 6.07) is 0. The summed E-state index contributed by atoms with van der Waals surface area (Å²) in [6.07, 6.45) is 2.56. The molecule has 2 aromatic heterocycles. The lowest BCUT2D eigenvalue weighted by Crippen LogP contribution is -1.80. The Kier molecular flexibility index (Phi) is 2.00. The first-order valence-electron chi connectivity index (χ1n) is 4.86. The number of aryl methyl sites for hydroxylation is 1. The molecule has 1 aliphatic carbocycles. The molecule has 1 aliphatic rings. The first kappa shape index (κ1) is 9.23. The molecule has 2 heterocycles. The minimum Gasteiger partial charge on any atom is -0.281 e. The van der Waals surface area contributed by atoms with Gasteiger partial charge in [0.25, 0.3) is 0 Å². The summed E-state index contributed by atoms with van der Waals surface area (Å²) in [4.78, 5) is 9.88. The highest BCUT2D eigenvalue weighted by molar-refractivity contribution is 7.71. The number of hydrogen-bond donors (Lipinski definition) is 2. The van der Waals surface area contributed by atoms with E-state index in [0.29, 0.717) is 10.7 Å². The Morgan fingerprint density at radius 2 is 2.13 bits per heavy atom. The van der Waals surface area contributed by atoms with Crippen molar-refractivity contribution in [1.29, 1.82) is 0 Å². The summed E-state index contributed by atoms with van der Waals surface area (Å²) in [5.74, 6) is 1.51. The third-order valence-electron chi connectivity index (χ3n) is 2.46. The van der Waals surface area contributed by atoms with Crippen LogP contribution in [0.4, 0.5) is 0 Å². The number of nitrogens with one attached hydrogen (secondary N) is 2. The Bertz CT molecular complexity index is 546. The van der Waals surface area contributed by atoms with Crippen LogP contribution in [-0.2, 0) is 0 Å². The van der Waals surface area contributed by atoms with Crippen LogP contribution in [0.1, 0.15) is 29.5 Å². The van der Waals surface area contributed by atoms with Gasteiger partial charge in [0, 0.05) is 5.92 Å². The maximum absolute atomic E-state index is 4.93. The van der Waals surface area contributed by atoms with Crippen LogP contribution in [0.2, 0.25) is 0 Å². The highest BCUT2D eigenvalue weighted by atomic mass is 32.1. The Morgan fingerprint density at radius 1 is 1.33 bits per heavy atom. The molecular formula is C9H10N4S2. The van der Waals surface area contributed by atoms with E-state index in [4.69, 9.17) is 12.2 Å². The van der Waals surface area contributed by atoms with E-state index in [1.165, 1.54) is 17.8 Å². The Balaban J connectivity index is 2.07. The highest BCUT2D eigenvalue weighted by Gasteiger charge is 2.28. The van der Waals surface area contributed by atoms with Crippen LogP contribution in [-0.4, -0.2) is 20.2 Å². The average molecular weight is 238 g/mol. The lowest BCUT2D eigenvalue weighted by molar-refractivity contribution is 1.05. The lowest BCUT2D eigenvalue weighted by Gasteiger charge is -1.88. The summed E-state index contributed by atoms with van der Waals surface area (Å²) in [5.41, 5.74) is 1.04. The fourth-order valence-electron chi connectivity index (χ4n) is 1.52. The molecule has 4 nitrogen and oxygen atoms in total. The molecule has 0 unspecified atom stereocenters. The van der Waals surface area contributed by atoms with Crippen LogP contribution in [0.15, 0.2) is 0 Å². The average Bonchev–Trinajstić information content (AvgIpc) is 2.86. The fourth-order valence-corrected chi connectivity index (χ4v) is 2.84. The third-order valence-corrected chi connectivity index (χ3v) is 3.98. The van der Waals surface area contributed by atoms with Crippen LogP contribution in [0.3, 0.4) is 0 Å². The van der Waals surface area contributed by atoms with Gasteiger partial charge in [-0.3, -0.25) is 10.2 Å². The Morgan fingerprint density at radius 3 is 2.73 bits per heavy atom. The molecular weight excluding hydrogens is 228 g/mol. The number of aromatic amines is 2. The molecule has 78 valence electrons. The number of rotatable bonds is 2. The van der Waals surface area contributed by atoms with Crippen molar-refractivity contribution in [2.45, 2.75) is 25.7 Å². The van der Waals surface area contributed by atoms with E-state index in [-0.39, 0.29) is 0 Å². The largest absolute Gasteiger partial charge is 0.281 e. The zero-order valence-corrected chi connectivity index (χ0v) is 9.84. The van der Waals surface area contributed by atoms with E-state index in [9.17, 15) is 0 Å². The van der Waals surface area contributed by atoms with Gasteiger partial charge < -0.3 is 0 Å². The molecule has 3 rings (SSSR count). The summed E-state index contributed by atoms with van der Waals surface area (Å²) in [6.45, 7) is 2.02. The van der Waals surface area contributed by atoms with Gasteiger partial charge in [-0.2, -0.15) is 4.98 Å². The molecule has 1 fully saturated rings. The van der Waals surface area contributed by atoms with Gasteiger partial charge in [0.2, 0.25) is 4.77 Å². The lowest BCUT2D eigenvalue weighted by atomic mass is 10.4. The monoisotopic (exact) mass is 238 g/mol. The van der Waals surface area contributed by atoms with E-state index >= 15 is 0 Å². The second-order valence-electron chi connectivity index (χ2n) is 3.76. The third kappa shape index (κ3) is 1.63. The summed E-state index contributed by atoms with van der Waals surface area (Å²) in [5, 5.41) is 7.01. The van der Waals surface area contributed by atoms with Gasteiger partial charge >= 0.3 is 0 Å². The molecule has 6 heteroatoms. The molecule has 0 spiro atoms. The Labute approximate surface area is 95.8 Å². The maximum atomic E-state index is 4.93. The smallest absolute Gasteiger partial charge is 0.213 e. The van der Waals surface area contributed by atoms with Gasteiger partial charge in [-0.05, 0) is 32.0 Å². The van der Waals surface area contributed by atoms with Gasteiger partial charge in [-0.1, -0.05) is 0 Å². The molecule has 0 bridgehead atoms. The number of aromatic nitrogens is 4. The number of thiazole rings is 1. The zero-order chi connectivity index (χ0) is 10.4. The first-order chi connectivity index (χ1) is 7.24. The van der Waals surface area contributed by atoms with Crippen LogP contribution in [0.5, 0.6) is 0 Å². The SMILES string of the molecule is Cc1nc(C2CC2)sc1-c1nc(=S)[nH][nH]1. The highest BCUT2D eigenvalue weighted by Crippen LogP contribution is 2.44.